The number of fused-ring (bicyclic) bond motifs is 1. The van der Waals surface area contributed by atoms with Crippen molar-refractivity contribution in [1.29, 1.82) is 0 Å². The zero-order valence-electron chi connectivity index (χ0n) is 16.3. The van der Waals surface area contributed by atoms with E-state index < -0.39 is 20.0 Å². The van der Waals surface area contributed by atoms with E-state index in [4.69, 9.17) is 9.66 Å². The molecule has 2 aromatic carbocycles. The van der Waals surface area contributed by atoms with E-state index in [1.165, 1.54) is 42.5 Å². The van der Waals surface area contributed by atoms with Crippen LogP contribution in [0.1, 0.15) is 29.8 Å². The summed E-state index contributed by atoms with van der Waals surface area (Å²) in [6.07, 6.45) is 2.89. The van der Waals surface area contributed by atoms with Gasteiger partial charge in [-0.15, -0.1) is 0 Å². The number of sulfonamides is 2. The molecule has 12 heteroatoms. The van der Waals surface area contributed by atoms with Gasteiger partial charge < -0.3 is 9.42 Å². The zero-order valence-corrected chi connectivity index (χ0v) is 17.9. The van der Waals surface area contributed by atoms with Gasteiger partial charge in [0.1, 0.15) is 0 Å². The Morgan fingerprint density at radius 1 is 0.968 bits per heavy atom. The number of nitrogens with two attached hydrogens (primary N) is 1. The molecule has 164 valence electrons. The lowest BCUT2D eigenvalue weighted by Crippen LogP contribution is -2.35. The lowest BCUT2D eigenvalue weighted by atomic mass is 10.1. The quantitative estimate of drug-likeness (QED) is 0.585. The van der Waals surface area contributed by atoms with Gasteiger partial charge in [0.05, 0.1) is 15.2 Å². The number of nitrogens with one attached hydrogen (secondary N) is 1. The lowest BCUT2D eigenvalue weighted by molar-refractivity contribution is 0.0715. The highest BCUT2D eigenvalue weighted by Gasteiger charge is 2.25. The normalized spacial score (nSPS) is 15.2. The highest BCUT2D eigenvalue weighted by atomic mass is 32.2. The van der Waals surface area contributed by atoms with E-state index >= 15 is 0 Å². The number of hydrogen-bond donors (Lipinski definition) is 2. The Hall–Kier alpha value is -2.96. The first-order chi connectivity index (χ1) is 14.6. The summed E-state index contributed by atoms with van der Waals surface area (Å²) in [6.45, 7) is 1.25. The number of carbonyl (C=O) groups excluding carboxylic acids is 1. The topological polar surface area (TPSA) is 153 Å². The second kappa shape index (κ2) is 7.94. The van der Waals surface area contributed by atoms with Gasteiger partial charge in [0.2, 0.25) is 10.0 Å². The van der Waals surface area contributed by atoms with Crippen molar-refractivity contribution >= 4 is 42.6 Å². The Bertz CT molecular complexity index is 1340. The summed E-state index contributed by atoms with van der Waals surface area (Å²) in [5.41, 5.74) is 0.533. The molecule has 0 saturated carbocycles. The fourth-order valence-electron chi connectivity index (χ4n) is 3.41. The van der Waals surface area contributed by atoms with Crippen LogP contribution in [0.3, 0.4) is 0 Å². The minimum atomic E-state index is -4.02. The number of nitrogens with zero attached hydrogens (tertiary/aromatic N) is 2. The molecule has 0 bridgehead atoms. The van der Waals surface area contributed by atoms with E-state index in [9.17, 15) is 21.6 Å². The van der Waals surface area contributed by atoms with Crippen LogP contribution in [0.4, 0.5) is 5.69 Å². The summed E-state index contributed by atoms with van der Waals surface area (Å²) in [5, 5.41) is 9.22. The molecule has 3 N–H and O–H groups in total. The van der Waals surface area contributed by atoms with Crippen molar-refractivity contribution in [1.82, 2.24) is 10.1 Å². The van der Waals surface area contributed by atoms with Gasteiger partial charge >= 0.3 is 0 Å². The molecule has 0 unspecified atom stereocenters. The molecular formula is C19H20N4O6S2. The second-order valence-corrected chi connectivity index (χ2v) is 10.5. The number of carbonyl (C=O) groups is 1. The molecule has 1 aliphatic rings. The van der Waals surface area contributed by atoms with Crippen molar-refractivity contribution in [3.05, 3.63) is 48.2 Å². The minimum Gasteiger partial charge on any atom is -0.355 e. The number of piperidine rings is 1. The van der Waals surface area contributed by atoms with Crippen LogP contribution in [0.5, 0.6) is 0 Å². The maximum absolute atomic E-state index is 12.8. The first-order valence-corrected chi connectivity index (χ1v) is 12.5. The lowest BCUT2D eigenvalue weighted by Gasteiger charge is -2.25. The Labute approximate surface area is 179 Å². The number of anilines is 1. The fraction of sp³-hybridized carbons (Fsp3) is 0.263. The van der Waals surface area contributed by atoms with Crippen molar-refractivity contribution in [3.8, 4) is 0 Å². The third-order valence-corrected chi connectivity index (χ3v) is 7.34. The van der Waals surface area contributed by atoms with Crippen LogP contribution in [0.2, 0.25) is 0 Å². The molecule has 1 fully saturated rings. The summed E-state index contributed by atoms with van der Waals surface area (Å²) >= 11 is 0. The number of hydrogen-bond acceptors (Lipinski definition) is 7. The molecule has 31 heavy (non-hydrogen) atoms. The molecule has 0 spiro atoms. The maximum atomic E-state index is 12.8. The summed E-state index contributed by atoms with van der Waals surface area (Å²) in [6, 6.07) is 9.10. The largest absolute Gasteiger partial charge is 0.355 e. The van der Waals surface area contributed by atoms with E-state index in [2.05, 4.69) is 9.88 Å². The highest BCUT2D eigenvalue weighted by Crippen LogP contribution is 2.26. The molecule has 4 rings (SSSR count). The van der Waals surface area contributed by atoms with Crippen LogP contribution in [-0.4, -0.2) is 45.9 Å². The van der Waals surface area contributed by atoms with E-state index in [0.29, 0.717) is 24.1 Å². The third kappa shape index (κ3) is 4.40. The van der Waals surface area contributed by atoms with Gasteiger partial charge in [0.25, 0.3) is 15.9 Å². The number of aromatic nitrogens is 1. The zero-order chi connectivity index (χ0) is 22.2. The number of likely N-dealkylation sites (tertiary alicyclic amines) is 1. The predicted molar refractivity (Wildman–Crippen MR) is 112 cm³/mol. The van der Waals surface area contributed by atoms with Crippen LogP contribution in [0.15, 0.2) is 56.8 Å². The van der Waals surface area contributed by atoms with Crippen LogP contribution >= 0.6 is 0 Å². The molecule has 0 atom stereocenters. The standard InChI is InChI=1S/C19H20N4O6S2/c20-30(25,26)14-6-4-13(5-7-14)22-31(27,28)15-8-9-17-16(12-15)18(21-29-17)19(24)23-10-2-1-3-11-23/h4-9,12,22H,1-3,10-11H2,(H2,20,25,26). The molecule has 2 heterocycles. The number of amides is 1. The number of rotatable bonds is 5. The van der Waals surface area contributed by atoms with Crippen molar-refractivity contribution in [2.24, 2.45) is 5.14 Å². The third-order valence-electron chi connectivity index (χ3n) is 5.03. The Balaban J connectivity index is 1.63. The van der Waals surface area contributed by atoms with Gasteiger partial charge in [-0.1, -0.05) is 5.16 Å². The molecule has 1 saturated heterocycles. The number of primary sulfonamides is 1. The maximum Gasteiger partial charge on any atom is 0.276 e. The summed E-state index contributed by atoms with van der Waals surface area (Å²) in [7, 11) is -7.91. The Morgan fingerprint density at radius 3 is 2.26 bits per heavy atom. The van der Waals surface area contributed by atoms with Crippen LogP contribution < -0.4 is 9.86 Å². The molecule has 1 aliphatic heterocycles. The smallest absolute Gasteiger partial charge is 0.276 e. The first kappa shape index (κ1) is 21.3. The van der Waals surface area contributed by atoms with E-state index in [-0.39, 0.29) is 27.1 Å². The Kier molecular flexibility index (Phi) is 5.45. The fourth-order valence-corrected chi connectivity index (χ4v) is 5.01. The van der Waals surface area contributed by atoms with E-state index in [0.717, 1.165) is 19.3 Å². The molecule has 10 nitrogen and oxygen atoms in total. The summed E-state index contributed by atoms with van der Waals surface area (Å²) in [4.78, 5) is 14.3. The van der Waals surface area contributed by atoms with Crippen LogP contribution in [0.25, 0.3) is 11.0 Å². The monoisotopic (exact) mass is 464 g/mol. The van der Waals surface area contributed by atoms with E-state index in [1.807, 2.05) is 0 Å². The van der Waals surface area contributed by atoms with Crippen molar-refractivity contribution in [2.45, 2.75) is 29.1 Å². The van der Waals surface area contributed by atoms with Crippen LogP contribution in [0, 0.1) is 0 Å². The average molecular weight is 465 g/mol. The van der Waals surface area contributed by atoms with Gasteiger partial charge in [-0.25, -0.2) is 22.0 Å². The van der Waals surface area contributed by atoms with Gasteiger partial charge in [0, 0.05) is 18.8 Å². The molecular weight excluding hydrogens is 444 g/mol. The average Bonchev–Trinajstić information content (AvgIpc) is 3.16. The molecule has 1 amide bonds. The van der Waals surface area contributed by atoms with Gasteiger partial charge in [0.15, 0.2) is 11.3 Å². The molecule has 3 aromatic rings. The van der Waals surface area contributed by atoms with Gasteiger partial charge in [-0.3, -0.25) is 9.52 Å². The van der Waals surface area contributed by atoms with E-state index in [1.54, 1.807) is 4.90 Å². The van der Waals surface area contributed by atoms with Crippen molar-refractivity contribution in [3.63, 3.8) is 0 Å². The summed E-state index contributed by atoms with van der Waals surface area (Å²) < 4.78 is 55.9. The first-order valence-electron chi connectivity index (χ1n) is 9.49. The minimum absolute atomic E-state index is 0.0754. The predicted octanol–water partition coefficient (Wildman–Crippen LogP) is 1.90. The Morgan fingerprint density at radius 2 is 1.61 bits per heavy atom. The van der Waals surface area contributed by atoms with Crippen molar-refractivity contribution < 1.29 is 26.2 Å². The second-order valence-electron chi connectivity index (χ2n) is 7.22. The molecule has 1 aromatic heterocycles. The molecule has 0 radical (unpaired) electrons. The SMILES string of the molecule is NS(=O)(=O)c1ccc(NS(=O)(=O)c2ccc3onc(C(=O)N4CCCCC4)c3c2)cc1. The van der Waals surface area contributed by atoms with Gasteiger partial charge in [-0.2, -0.15) is 0 Å². The summed E-state index contributed by atoms with van der Waals surface area (Å²) in [5.74, 6) is -0.292. The number of benzene rings is 2. The molecule has 0 aliphatic carbocycles. The van der Waals surface area contributed by atoms with Crippen molar-refractivity contribution in [2.75, 3.05) is 17.8 Å². The highest BCUT2D eigenvalue weighted by molar-refractivity contribution is 7.92. The van der Waals surface area contributed by atoms with Crippen LogP contribution in [-0.2, 0) is 20.0 Å². The van der Waals surface area contributed by atoms with Gasteiger partial charge in [-0.05, 0) is 61.7 Å².